The molecule has 26 heavy (non-hydrogen) atoms. The zero-order valence-corrected chi connectivity index (χ0v) is 15.7. The number of carbonyl (C=O) groups is 1. The number of amides is 1. The molecule has 0 aromatic heterocycles. The van der Waals surface area contributed by atoms with Crippen LogP contribution >= 0.6 is 0 Å². The van der Waals surface area contributed by atoms with E-state index >= 15 is 0 Å². The van der Waals surface area contributed by atoms with Gasteiger partial charge in [-0.05, 0) is 30.5 Å². The van der Waals surface area contributed by atoms with Gasteiger partial charge in [0.2, 0.25) is 5.91 Å². The molecule has 0 bridgehead atoms. The number of nitrogens with two attached hydrogens (primary N) is 1. The third-order valence-electron chi connectivity index (χ3n) is 5.54. The van der Waals surface area contributed by atoms with Crippen LogP contribution in [0.25, 0.3) is 0 Å². The highest BCUT2D eigenvalue weighted by Gasteiger charge is 2.37. The number of benzene rings is 2. The van der Waals surface area contributed by atoms with E-state index in [9.17, 15) is 4.79 Å². The summed E-state index contributed by atoms with van der Waals surface area (Å²) in [4.78, 5) is 17.0. The second kappa shape index (κ2) is 8.47. The minimum absolute atomic E-state index is 0.133. The van der Waals surface area contributed by atoms with Crippen LogP contribution in [0.5, 0.6) is 0 Å². The molecule has 4 nitrogen and oxygen atoms in total. The second-order valence-electron chi connectivity index (χ2n) is 7.32. The fourth-order valence-electron chi connectivity index (χ4n) is 3.95. The van der Waals surface area contributed by atoms with Crippen molar-refractivity contribution in [3.63, 3.8) is 0 Å². The van der Waals surface area contributed by atoms with Gasteiger partial charge in [-0.3, -0.25) is 9.69 Å². The minimum Gasteiger partial charge on any atom is -0.340 e. The van der Waals surface area contributed by atoms with Crippen LogP contribution in [0.15, 0.2) is 60.7 Å². The molecule has 0 saturated carbocycles. The highest BCUT2D eigenvalue weighted by atomic mass is 16.2. The van der Waals surface area contributed by atoms with Crippen molar-refractivity contribution >= 4 is 5.91 Å². The monoisotopic (exact) mass is 351 g/mol. The smallest absolute Gasteiger partial charge is 0.239 e. The second-order valence-corrected chi connectivity index (χ2v) is 7.32. The Kier molecular flexibility index (Phi) is 6.07. The Labute approximate surface area is 156 Å². The van der Waals surface area contributed by atoms with Gasteiger partial charge >= 0.3 is 0 Å². The van der Waals surface area contributed by atoms with E-state index in [1.165, 1.54) is 5.56 Å². The van der Waals surface area contributed by atoms with E-state index in [-0.39, 0.29) is 11.9 Å². The van der Waals surface area contributed by atoms with Gasteiger partial charge in [0.15, 0.2) is 0 Å². The Morgan fingerprint density at radius 1 is 1.12 bits per heavy atom. The summed E-state index contributed by atoms with van der Waals surface area (Å²) in [5.41, 5.74) is 8.51. The summed E-state index contributed by atoms with van der Waals surface area (Å²) in [7, 11) is 1.89. The standard InChI is InChI=1S/C22H29N3O/c1-17(22(26)24(2)14-18-9-5-3-6-10-18)25-15-20(13-23)21(16-25)19-11-7-4-8-12-19/h3-12,17,20-21H,13-16,23H2,1-2H3/t17?,20-,21+/m1/s1. The Hall–Kier alpha value is -2.17. The van der Waals surface area contributed by atoms with Crippen molar-refractivity contribution in [2.45, 2.75) is 25.4 Å². The van der Waals surface area contributed by atoms with Gasteiger partial charge in [0.25, 0.3) is 0 Å². The van der Waals surface area contributed by atoms with Crippen molar-refractivity contribution in [3.05, 3.63) is 71.8 Å². The van der Waals surface area contributed by atoms with Crippen LogP contribution in [0, 0.1) is 5.92 Å². The summed E-state index contributed by atoms with van der Waals surface area (Å²) in [6.45, 7) is 5.07. The SMILES string of the molecule is CC(C(=O)N(C)Cc1ccccc1)N1C[C@@H](CN)[C@H](c2ccccc2)C1. The summed E-state index contributed by atoms with van der Waals surface area (Å²) >= 11 is 0. The first-order valence-corrected chi connectivity index (χ1v) is 9.38. The number of rotatable bonds is 6. The van der Waals surface area contributed by atoms with Crippen molar-refractivity contribution in [2.24, 2.45) is 11.7 Å². The van der Waals surface area contributed by atoms with E-state index in [1.807, 2.05) is 43.1 Å². The summed E-state index contributed by atoms with van der Waals surface area (Å²) < 4.78 is 0. The molecular formula is C22H29N3O. The van der Waals surface area contributed by atoms with E-state index in [0.29, 0.717) is 24.9 Å². The first-order valence-electron chi connectivity index (χ1n) is 9.38. The van der Waals surface area contributed by atoms with Gasteiger partial charge in [0.1, 0.15) is 0 Å². The van der Waals surface area contributed by atoms with Crippen LogP contribution in [0.2, 0.25) is 0 Å². The van der Waals surface area contributed by atoms with Crippen LogP contribution in [-0.2, 0) is 11.3 Å². The third-order valence-corrected chi connectivity index (χ3v) is 5.54. The average Bonchev–Trinajstić information content (AvgIpc) is 3.12. The molecule has 2 aromatic carbocycles. The molecule has 3 atom stereocenters. The molecule has 0 spiro atoms. The Balaban J connectivity index is 1.65. The van der Waals surface area contributed by atoms with Crippen LogP contribution in [-0.4, -0.2) is 48.4 Å². The van der Waals surface area contributed by atoms with E-state index in [0.717, 1.165) is 18.7 Å². The number of likely N-dealkylation sites (N-methyl/N-ethyl adjacent to an activating group) is 1. The minimum atomic E-state index is -0.133. The molecule has 1 amide bonds. The first kappa shape index (κ1) is 18.6. The largest absolute Gasteiger partial charge is 0.340 e. The Bertz CT molecular complexity index is 704. The lowest BCUT2D eigenvalue weighted by Gasteiger charge is -2.28. The van der Waals surface area contributed by atoms with E-state index < -0.39 is 0 Å². The molecule has 2 N–H and O–H groups in total. The maximum absolute atomic E-state index is 12.9. The maximum Gasteiger partial charge on any atom is 0.239 e. The molecule has 1 aliphatic rings. The highest BCUT2D eigenvalue weighted by Crippen LogP contribution is 2.33. The van der Waals surface area contributed by atoms with Crippen molar-refractivity contribution < 1.29 is 4.79 Å². The van der Waals surface area contributed by atoms with Crippen molar-refractivity contribution in [3.8, 4) is 0 Å². The molecular weight excluding hydrogens is 322 g/mol. The summed E-state index contributed by atoms with van der Waals surface area (Å²) in [5.74, 6) is 0.960. The predicted octanol–water partition coefficient (Wildman–Crippen LogP) is 2.71. The predicted molar refractivity (Wildman–Crippen MR) is 106 cm³/mol. The number of hydrogen-bond donors (Lipinski definition) is 1. The molecule has 138 valence electrons. The van der Waals surface area contributed by atoms with Crippen LogP contribution in [0.3, 0.4) is 0 Å². The van der Waals surface area contributed by atoms with Gasteiger partial charge in [-0.15, -0.1) is 0 Å². The van der Waals surface area contributed by atoms with Crippen LogP contribution < -0.4 is 5.73 Å². The zero-order valence-electron chi connectivity index (χ0n) is 15.7. The van der Waals surface area contributed by atoms with Crippen LogP contribution in [0.4, 0.5) is 0 Å². The van der Waals surface area contributed by atoms with Gasteiger partial charge in [0.05, 0.1) is 6.04 Å². The molecule has 1 fully saturated rings. The lowest BCUT2D eigenvalue weighted by Crippen LogP contribution is -2.44. The lowest BCUT2D eigenvalue weighted by molar-refractivity contribution is -0.135. The molecule has 3 rings (SSSR count). The zero-order chi connectivity index (χ0) is 18.5. The van der Waals surface area contributed by atoms with Gasteiger partial charge in [0, 0.05) is 32.6 Å². The molecule has 1 unspecified atom stereocenters. The quantitative estimate of drug-likeness (QED) is 0.870. The molecule has 1 saturated heterocycles. The molecule has 1 aliphatic heterocycles. The number of hydrogen-bond acceptors (Lipinski definition) is 3. The Morgan fingerprint density at radius 3 is 2.35 bits per heavy atom. The lowest BCUT2D eigenvalue weighted by atomic mass is 9.89. The highest BCUT2D eigenvalue weighted by molar-refractivity contribution is 5.81. The number of likely N-dealkylation sites (tertiary alicyclic amines) is 1. The van der Waals surface area contributed by atoms with Crippen molar-refractivity contribution in [1.82, 2.24) is 9.80 Å². The molecule has 0 radical (unpaired) electrons. The maximum atomic E-state index is 12.9. The van der Waals surface area contributed by atoms with Gasteiger partial charge in [-0.25, -0.2) is 0 Å². The molecule has 0 aliphatic carbocycles. The summed E-state index contributed by atoms with van der Waals surface area (Å²) in [6.07, 6.45) is 0. The first-order chi connectivity index (χ1) is 12.6. The van der Waals surface area contributed by atoms with Gasteiger partial charge < -0.3 is 10.6 Å². The van der Waals surface area contributed by atoms with Gasteiger partial charge in [-0.2, -0.15) is 0 Å². The number of nitrogens with zero attached hydrogens (tertiary/aromatic N) is 2. The van der Waals surface area contributed by atoms with E-state index in [1.54, 1.807) is 0 Å². The van der Waals surface area contributed by atoms with Crippen molar-refractivity contribution in [1.29, 1.82) is 0 Å². The normalized spacial score (nSPS) is 21.5. The topological polar surface area (TPSA) is 49.6 Å². The average molecular weight is 351 g/mol. The molecule has 2 aromatic rings. The Morgan fingerprint density at radius 2 is 1.73 bits per heavy atom. The van der Waals surface area contributed by atoms with E-state index in [2.05, 4.69) is 41.3 Å². The van der Waals surface area contributed by atoms with E-state index in [4.69, 9.17) is 5.73 Å². The number of carbonyl (C=O) groups excluding carboxylic acids is 1. The van der Waals surface area contributed by atoms with Crippen LogP contribution in [0.1, 0.15) is 24.0 Å². The third kappa shape index (κ3) is 4.14. The summed E-state index contributed by atoms with van der Waals surface area (Å²) in [5, 5.41) is 0. The van der Waals surface area contributed by atoms with Crippen molar-refractivity contribution in [2.75, 3.05) is 26.7 Å². The molecule has 4 heteroatoms. The van der Waals surface area contributed by atoms with Gasteiger partial charge in [-0.1, -0.05) is 60.7 Å². The molecule has 1 heterocycles. The fourth-order valence-corrected chi connectivity index (χ4v) is 3.95. The summed E-state index contributed by atoms with van der Waals surface area (Å²) in [6, 6.07) is 20.5. The fraction of sp³-hybridized carbons (Fsp3) is 0.409.